The minimum atomic E-state index is -0.315. The van der Waals surface area contributed by atoms with Crippen LogP contribution in [0.4, 0.5) is 10.5 Å². The van der Waals surface area contributed by atoms with Gasteiger partial charge in [0.1, 0.15) is 13.2 Å². The Hall–Kier alpha value is -3.27. The van der Waals surface area contributed by atoms with Gasteiger partial charge in [0.05, 0.1) is 13.2 Å². The van der Waals surface area contributed by atoms with Crippen LogP contribution < -0.4 is 14.8 Å². The van der Waals surface area contributed by atoms with Crippen molar-refractivity contribution in [2.24, 2.45) is 0 Å². The highest BCUT2D eigenvalue weighted by atomic mass is 35.5. The number of halogens is 1. The van der Waals surface area contributed by atoms with Gasteiger partial charge in [-0.15, -0.1) is 11.3 Å². The summed E-state index contributed by atoms with van der Waals surface area (Å²) >= 11 is 7.84. The van der Waals surface area contributed by atoms with Gasteiger partial charge in [-0.05, 0) is 79.7 Å². The fourth-order valence-electron chi connectivity index (χ4n) is 5.32. The van der Waals surface area contributed by atoms with E-state index in [0.29, 0.717) is 41.9 Å². The van der Waals surface area contributed by atoms with Crippen molar-refractivity contribution in [3.05, 3.63) is 75.4 Å². The van der Waals surface area contributed by atoms with E-state index in [9.17, 15) is 9.59 Å². The van der Waals surface area contributed by atoms with Gasteiger partial charge in [-0.3, -0.25) is 4.79 Å². The summed E-state index contributed by atoms with van der Waals surface area (Å²) < 4.78 is 11.7. The number of nitrogens with one attached hydrogen (secondary N) is 1. The van der Waals surface area contributed by atoms with E-state index in [2.05, 4.69) is 21.7 Å². The van der Waals surface area contributed by atoms with E-state index in [1.165, 1.54) is 4.88 Å². The molecular weight excluding hydrogens is 548 g/mol. The van der Waals surface area contributed by atoms with E-state index in [1.807, 2.05) is 29.2 Å². The van der Waals surface area contributed by atoms with Crippen molar-refractivity contribution in [1.29, 1.82) is 0 Å². The molecule has 1 N–H and O–H groups in total. The number of amides is 3. The SMILES string of the molecule is COc1ccccc1OC[C@H]1c2ccsc2CCN1C(=O)CN(CCN1CCCC1)C(=O)Nc1cccc(Cl)c1. The highest BCUT2D eigenvalue weighted by Crippen LogP contribution is 2.35. The summed E-state index contributed by atoms with van der Waals surface area (Å²) in [5, 5.41) is 5.53. The number of carbonyl (C=O) groups excluding carboxylic acids is 2. The molecule has 0 saturated carbocycles. The lowest BCUT2D eigenvalue weighted by Gasteiger charge is -2.37. The molecule has 1 atom stereocenters. The number of methoxy groups -OCH3 is 1. The Labute approximate surface area is 244 Å². The molecule has 0 bridgehead atoms. The van der Waals surface area contributed by atoms with Crippen molar-refractivity contribution >= 4 is 40.6 Å². The molecule has 3 amide bonds. The molecule has 10 heteroatoms. The molecule has 2 aliphatic rings. The first kappa shape index (κ1) is 28.3. The normalized spacial score (nSPS) is 16.9. The lowest BCUT2D eigenvalue weighted by atomic mass is 10.0. The number of thiophene rings is 1. The number of para-hydroxylation sites is 2. The zero-order valence-electron chi connectivity index (χ0n) is 22.7. The van der Waals surface area contributed by atoms with Crippen LogP contribution in [0.15, 0.2) is 60.0 Å². The Morgan fingerprint density at radius 2 is 1.88 bits per heavy atom. The predicted octanol–water partition coefficient (Wildman–Crippen LogP) is 5.54. The van der Waals surface area contributed by atoms with Crippen molar-refractivity contribution in [3.63, 3.8) is 0 Å². The average molecular weight is 583 g/mol. The third kappa shape index (κ3) is 6.89. The molecule has 2 aromatic carbocycles. The second-order valence-corrected chi connectivity index (χ2v) is 11.5. The Morgan fingerprint density at radius 1 is 1.07 bits per heavy atom. The molecule has 0 spiro atoms. The van der Waals surface area contributed by atoms with Gasteiger partial charge in [-0.25, -0.2) is 4.79 Å². The largest absolute Gasteiger partial charge is 0.493 e. The van der Waals surface area contributed by atoms with E-state index < -0.39 is 0 Å². The second kappa shape index (κ2) is 13.4. The van der Waals surface area contributed by atoms with Crippen molar-refractivity contribution in [1.82, 2.24) is 14.7 Å². The summed E-state index contributed by atoms with van der Waals surface area (Å²) in [7, 11) is 1.61. The van der Waals surface area contributed by atoms with Gasteiger partial charge in [0.25, 0.3) is 0 Å². The van der Waals surface area contributed by atoms with Crippen molar-refractivity contribution < 1.29 is 19.1 Å². The van der Waals surface area contributed by atoms with Crippen LogP contribution in [0.3, 0.4) is 0 Å². The highest BCUT2D eigenvalue weighted by Gasteiger charge is 2.34. The van der Waals surface area contributed by atoms with E-state index in [-0.39, 0.29) is 24.5 Å². The summed E-state index contributed by atoms with van der Waals surface area (Å²) in [5.41, 5.74) is 1.70. The zero-order chi connectivity index (χ0) is 27.9. The highest BCUT2D eigenvalue weighted by molar-refractivity contribution is 7.10. The topological polar surface area (TPSA) is 74.4 Å². The molecule has 0 aliphatic carbocycles. The minimum Gasteiger partial charge on any atom is -0.493 e. The molecule has 0 unspecified atom stereocenters. The maximum atomic E-state index is 13.9. The third-order valence-electron chi connectivity index (χ3n) is 7.46. The maximum Gasteiger partial charge on any atom is 0.322 e. The first-order valence-corrected chi connectivity index (χ1v) is 14.9. The Morgan fingerprint density at radius 3 is 2.65 bits per heavy atom. The predicted molar refractivity (Wildman–Crippen MR) is 159 cm³/mol. The average Bonchev–Trinajstić information content (AvgIpc) is 3.66. The van der Waals surface area contributed by atoms with Crippen LogP contribution in [0, 0.1) is 0 Å². The second-order valence-electron chi connectivity index (χ2n) is 10.0. The Kier molecular flexibility index (Phi) is 9.46. The number of fused-ring (bicyclic) bond motifs is 1. The molecule has 40 heavy (non-hydrogen) atoms. The third-order valence-corrected chi connectivity index (χ3v) is 8.69. The smallest absolute Gasteiger partial charge is 0.322 e. The van der Waals surface area contributed by atoms with E-state index >= 15 is 0 Å². The number of ether oxygens (including phenoxy) is 2. The van der Waals surface area contributed by atoms with Gasteiger partial charge in [-0.1, -0.05) is 29.8 Å². The van der Waals surface area contributed by atoms with Crippen LogP contribution >= 0.6 is 22.9 Å². The van der Waals surface area contributed by atoms with Crippen LogP contribution in [0.1, 0.15) is 29.3 Å². The van der Waals surface area contributed by atoms with Crippen LogP contribution in [-0.2, 0) is 11.2 Å². The molecule has 1 aromatic heterocycles. The number of anilines is 1. The van der Waals surface area contributed by atoms with Crippen LogP contribution in [-0.4, -0.2) is 79.6 Å². The van der Waals surface area contributed by atoms with Gasteiger partial charge in [0, 0.05) is 35.2 Å². The van der Waals surface area contributed by atoms with Gasteiger partial charge in [0.2, 0.25) is 5.91 Å². The number of rotatable bonds is 10. The number of carbonyl (C=O) groups is 2. The fourth-order valence-corrected chi connectivity index (χ4v) is 6.44. The van der Waals surface area contributed by atoms with E-state index in [0.717, 1.165) is 44.5 Å². The molecular formula is C30H35ClN4O4S. The lowest BCUT2D eigenvalue weighted by molar-refractivity contribution is -0.135. The van der Waals surface area contributed by atoms with Crippen LogP contribution in [0.2, 0.25) is 5.02 Å². The monoisotopic (exact) mass is 582 g/mol. The zero-order valence-corrected chi connectivity index (χ0v) is 24.3. The molecule has 8 nitrogen and oxygen atoms in total. The van der Waals surface area contributed by atoms with E-state index in [1.54, 1.807) is 47.6 Å². The van der Waals surface area contributed by atoms with Gasteiger partial charge < -0.3 is 29.5 Å². The van der Waals surface area contributed by atoms with Gasteiger partial charge in [-0.2, -0.15) is 0 Å². The summed E-state index contributed by atoms with van der Waals surface area (Å²) in [4.78, 5) is 34.4. The molecule has 212 valence electrons. The summed E-state index contributed by atoms with van der Waals surface area (Å²) in [6.45, 7) is 4.06. The molecule has 2 aliphatic heterocycles. The minimum absolute atomic E-state index is 0.0229. The molecule has 0 radical (unpaired) electrons. The van der Waals surface area contributed by atoms with Crippen molar-refractivity contribution in [3.8, 4) is 11.5 Å². The number of nitrogens with zero attached hydrogens (tertiary/aromatic N) is 3. The Balaban J connectivity index is 1.32. The summed E-state index contributed by atoms with van der Waals surface area (Å²) in [6, 6.07) is 16.0. The number of likely N-dealkylation sites (tertiary alicyclic amines) is 1. The summed E-state index contributed by atoms with van der Waals surface area (Å²) in [5.74, 6) is 1.17. The molecule has 5 rings (SSSR count). The molecule has 1 fully saturated rings. The number of benzene rings is 2. The summed E-state index contributed by atoms with van der Waals surface area (Å²) in [6.07, 6.45) is 3.11. The Bertz CT molecular complexity index is 1310. The first-order valence-electron chi connectivity index (χ1n) is 13.7. The molecule has 1 saturated heterocycles. The van der Waals surface area contributed by atoms with E-state index in [4.69, 9.17) is 21.1 Å². The number of hydrogen-bond acceptors (Lipinski definition) is 6. The van der Waals surface area contributed by atoms with Gasteiger partial charge in [0.15, 0.2) is 11.5 Å². The number of hydrogen-bond donors (Lipinski definition) is 1. The van der Waals surface area contributed by atoms with Crippen LogP contribution in [0.25, 0.3) is 0 Å². The van der Waals surface area contributed by atoms with Gasteiger partial charge >= 0.3 is 6.03 Å². The van der Waals surface area contributed by atoms with Crippen molar-refractivity contribution in [2.75, 3.05) is 58.3 Å². The maximum absolute atomic E-state index is 13.9. The quantitative estimate of drug-likeness (QED) is 0.339. The fraction of sp³-hybridized carbons (Fsp3) is 0.400. The van der Waals surface area contributed by atoms with Crippen molar-refractivity contribution in [2.45, 2.75) is 25.3 Å². The number of urea groups is 1. The molecule has 3 heterocycles. The molecule has 3 aromatic rings. The van der Waals surface area contributed by atoms with Crippen LogP contribution in [0.5, 0.6) is 11.5 Å². The lowest BCUT2D eigenvalue weighted by Crippen LogP contribution is -2.50. The first-order chi connectivity index (χ1) is 19.5. The standard InChI is InChI=1S/C30H35ClN4O4S/c1-38-26-9-2-3-10-27(26)39-21-25-24-12-18-40-28(24)11-15-35(25)29(36)20-34(17-16-33-13-4-5-14-33)30(37)32-23-8-6-7-22(31)19-23/h2-3,6-10,12,18-19,25H,4-5,11,13-17,20-21H2,1H3,(H,32,37)/t25-/m0/s1.